The Morgan fingerprint density at radius 3 is 2.45 bits per heavy atom. The normalized spacial score (nSPS) is 14.4. The molecule has 1 aliphatic heterocycles. The Bertz CT molecular complexity index is 1220. The van der Waals surface area contributed by atoms with Crippen LogP contribution in [-0.2, 0) is 11.3 Å². The Balaban J connectivity index is 1.30. The van der Waals surface area contributed by atoms with Gasteiger partial charge in [-0.25, -0.2) is 9.67 Å². The van der Waals surface area contributed by atoms with E-state index in [9.17, 15) is 9.59 Å². The second kappa shape index (κ2) is 8.24. The van der Waals surface area contributed by atoms with Crippen LogP contribution >= 0.6 is 22.7 Å². The van der Waals surface area contributed by atoms with E-state index in [4.69, 9.17) is 0 Å². The van der Waals surface area contributed by atoms with Crippen molar-refractivity contribution in [3.63, 3.8) is 0 Å². The van der Waals surface area contributed by atoms with Crippen LogP contribution in [0.3, 0.4) is 0 Å². The van der Waals surface area contributed by atoms with Crippen LogP contribution in [0.15, 0.2) is 47.3 Å². The van der Waals surface area contributed by atoms with Crippen LogP contribution in [0.25, 0.3) is 21.5 Å². The third-order valence-corrected chi connectivity index (χ3v) is 7.29. The number of rotatable bonds is 4. The molecule has 31 heavy (non-hydrogen) atoms. The maximum Gasteiger partial charge on any atom is 0.264 e. The van der Waals surface area contributed by atoms with Gasteiger partial charge in [0.1, 0.15) is 6.54 Å². The fourth-order valence-corrected chi connectivity index (χ4v) is 5.42. The molecule has 9 heteroatoms. The van der Waals surface area contributed by atoms with Crippen LogP contribution in [0.2, 0.25) is 0 Å². The molecule has 5 heterocycles. The highest BCUT2D eigenvalue weighted by molar-refractivity contribution is 7.13. The zero-order chi connectivity index (χ0) is 21.4. The van der Waals surface area contributed by atoms with Gasteiger partial charge >= 0.3 is 0 Å². The summed E-state index contributed by atoms with van der Waals surface area (Å²) in [7, 11) is 0. The summed E-state index contributed by atoms with van der Waals surface area (Å²) < 4.78 is 1.70. The lowest BCUT2D eigenvalue weighted by Gasteiger charge is -2.34. The summed E-state index contributed by atoms with van der Waals surface area (Å²) >= 11 is 3.12. The third-order valence-electron chi connectivity index (χ3n) is 5.53. The second-order valence-electron chi connectivity index (χ2n) is 7.43. The molecule has 0 N–H and O–H groups in total. The molecule has 2 amide bonds. The fourth-order valence-electron chi connectivity index (χ4n) is 3.97. The molecule has 0 unspecified atom stereocenters. The standard InChI is InChI=1S/C22H21N5O2S2/c1-15-20-16(17-4-2-12-30-17)6-7-23-21(20)27(24-15)14-19(28)25-8-10-26(11-9-25)22(29)18-5-3-13-31-18/h2-7,12-13H,8-11,14H2,1H3. The van der Waals surface area contributed by atoms with Crippen molar-refractivity contribution in [2.24, 2.45) is 0 Å². The minimum Gasteiger partial charge on any atom is -0.338 e. The lowest BCUT2D eigenvalue weighted by molar-refractivity contribution is -0.133. The van der Waals surface area contributed by atoms with Gasteiger partial charge in [-0.2, -0.15) is 5.10 Å². The molecule has 1 fully saturated rings. The number of thiophene rings is 2. The molecule has 4 aromatic heterocycles. The smallest absolute Gasteiger partial charge is 0.264 e. The molecule has 0 radical (unpaired) electrons. The SMILES string of the molecule is Cc1nn(CC(=O)N2CCN(C(=O)c3cccs3)CC2)c2nccc(-c3cccs3)c12. The molecule has 4 aromatic rings. The van der Waals surface area contributed by atoms with Crippen LogP contribution in [-0.4, -0.2) is 62.6 Å². The average molecular weight is 452 g/mol. The summed E-state index contributed by atoms with van der Waals surface area (Å²) in [5, 5.41) is 9.56. The number of nitrogens with zero attached hydrogens (tertiary/aromatic N) is 5. The van der Waals surface area contributed by atoms with Gasteiger partial charge in [0.05, 0.1) is 16.0 Å². The van der Waals surface area contributed by atoms with E-state index in [0.29, 0.717) is 26.2 Å². The third kappa shape index (κ3) is 3.75. The van der Waals surface area contributed by atoms with Crippen molar-refractivity contribution >= 4 is 45.5 Å². The van der Waals surface area contributed by atoms with Crippen LogP contribution < -0.4 is 0 Å². The molecule has 0 atom stereocenters. The number of hydrogen-bond donors (Lipinski definition) is 0. The van der Waals surface area contributed by atoms with Crippen LogP contribution in [0.1, 0.15) is 15.4 Å². The Kier molecular flexibility index (Phi) is 5.29. The van der Waals surface area contributed by atoms with E-state index in [1.165, 1.54) is 11.3 Å². The zero-order valence-corrected chi connectivity index (χ0v) is 18.7. The summed E-state index contributed by atoms with van der Waals surface area (Å²) in [6.07, 6.45) is 1.77. The number of fused-ring (bicyclic) bond motifs is 1. The topological polar surface area (TPSA) is 71.3 Å². The van der Waals surface area contributed by atoms with Crippen molar-refractivity contribution in [2.45, 2.75) is 13.5 Å². The number of pyridine rings is 1. The molecule has 1 aliphatic rings. The minimum absolute atomic E-state index is 0.00375. The first-order valence-electron chi connectivity index (χ1n) is 10.1. The summed E-state index contributed by atoms with van der Waals surface area (Å²) in [4.78, 5) is 35.5. The molecule has 158 valence electrons. The van der Waals surface area contributed by atoms with E-state index in [1.54, 1.807) is 22.2 Å². The average Bonchev–Trinajstić information content (AvgIpc) is 3.56. The maximum atomic E-state index is 13.0. The molecule has 7 nitrogen and oxygen atoms in total. The van der Waals surface area contributed by atoms with Gasteiger partial charge in [0.25, 0.3) is 5.91 Å². The van der Waals surface area contributed by atoms with Gasteiger partial charge in [0.2, 0.25) is 5.91 Å². The van der Waals surface area contributed by atoms with Gasteiger partial charge in [-0.05, 0) is 35.9 Å². The van der Waals surface area contributed by atoms with Gasteiger partial charge in [-0.3, -0.25) is 9.59 Å². The number of amides is 2. The number of piperazine rings is 1. The molecular weight excluding hydrogens is 430 g/mol. The number of carbonyl (C=O) groups excluding carboxylic acids is 2. The zero-order valence-electron chi connectivity index (χ0n) is 17.0. The van der Waals surface area contributed by atoms with Gasteiger partial charge in [-0.1, -0.05) is 12.1 Å². The first-order valence-corrected chi connectivity index (χ1v) is 11.8. The Hall–Kier alpha value is -3.04. The maximum absolute atomic E-state index is 13.0. The van der Waals surface area contributed by atoms with E-state index >= 15 is 0 Å². The highest BCUT2D eigenvalue weighted by Crippen LogP contribution is 2.32. The van der Waals surface area contributed by atoms with Crippen molar-refractivity contribution in [1.29, 1.82) is 0 Å². The van der Waals surface area contributed by atoms with Gasteiger partial charge < -0.3 is 9.80 Å². The molecule has 1 saturated heterocycles. The lowest BCUT2D eigenvalue weighted by atomic mass is 10.1. The molecule has 0 aromatic carbocycles. The van der Waals surface area contributed by atoms with E-state index in [2.05, 4.69) is 16.1 Å². The monoisotopic (exact) mass is 451 g/mol. The number of aromatic nitrogens is 3. The molecule has 0 spiro atoms. The van der Waals surface area contributed by atoms with Crippen molar-refractivity contribution in [1.82, 2.24) is 24.6 Å². The number of carbonyl (C=O) groups is 2. The molecule has 0 aliphatic carbocycles. The van der Waals surface area contributed by atoms with Gasteiger partial charge in [0, 0.05) is 42.8 Å². The summed E-state index contributed by atoms with van der Waals surface area (Å²) in [6.45, 7) is 4.25. The van der Waals surface area contributed by atoms with Crippen molar-refractivity contribution in [3.05, 3.63) is 57.9 Å². The fraction of sp³-hybridized carbons (Fsp3) is 0.273. The Labute approximate surface area is 187 Å². The Morgan fingerprint density at radius 2 is 1.74 bits per heavy atom. The predicted octanol–water partition coefficient (Wildman–Crippen LogP) is 3.51. The van der Waals surface area contributed by atoms with Crippen LogP contribution in [0.5, 0.6) is 0 Å². The lowest BCUT2D eigenvalue weighted by Crippen LogP contribution is -2.51. The predicted molar refractivity (Wildman–Crippen MR) is 122 cm³/mol. The second-order valence-corrected chi connectivity index (χ2v) is 9.32. The molecular formula is C22H21N5O2S2. The molecule has 0 saturated carbocycles. The van der Waals surface area contributed by atoms with Gasteiger partial charge in [-0.15, -0.1) is 22.7 Å². The summed E-state index contributed by atoms with van der Waals surface area (Å²) in [6, 6.07) is 9.83. The Morgan fingerprint density at radius 1 is 1.00 bits per heavy atom. The highest BCUT2D eigenvalue weighted by atomic mass is 32.1. The van der Waals surface area contributed by atoms with Gasteiger partial charge in [0.15, 0.2) is 5.65 Å². The van der Waals surface area contributed by atoms with E-state index in [0.717, 1.165) is 32.0 Å². The van der Waals surface area contributed by atoms with E-state index in [-0.39, 0.29) is 18.4 Å². The van der Waals surface area contributed by atoms with E-state index < -0.39 is 0 Å². The number of hydrogen-bond acceptors (Lipinski definition) is 6. The van der Waals surface area contributed by atoms with Crippen molar-refractivity contribution < 1.29 is 9.59 Å². The minimum atomic E-state index is -0.00375. The van der Waals surface area contributed by atoms with E-state index in [1.807, 2.05) is 51.7 Å². The molecule has 5 rings (SSSR count). The first kappa shape index (κ1) is 19.9. The largest absolute Gasteiger partial charge is 0.338 e. The van der Waals surface area contributed by atoms with Crippen LogP contribution in [0, 0.1) is 6.92 Å². The highest BCUT2D eigenvalue weighted by Gasteiger charge is 2.26. The summed E-state index contributed by atoms with van der Waals surface area (Å²) in [5.41, 5.74) is 2.69. The van der Waals surface area contributed by atoms with Crippen molar-refractivity contribution in [2.75, 3.05) is 26.2 Å². The quantitative estimate of drug-likeness (QED) is 0.476. The van der Waals surface area contributed by atoms with Crippen molar-refractivity contribution in [3.8, 4) is 10.4 Å². The number of aryl methyl sites for hydroxylation is 1. The summed E-state index contributed by atoms with van der Waals surface area (Å²) in [5.74, 6) is 0.0389. The molecule has 0 bridgehead atoms. The van der Waals surface area contributed by atoms with Crippen LogP contribution in [0.4, 0.5) is 0 Å². The first-order chi connectivity index (χ1) is 15.1.